The van der Waals surface area contributed by atoms with Gasteiger partial charge in [0.2, 0.25) is 6.41 Å². The van der Waals surface area contributed by atoms with Crippen molar-refractivity contribution in [2.75, 3.05) is 32.8 Å². The molecule has 0 aromatic heterocycles. The van der Waals surface area contributed by atoms with Gasteiger partial charge in [-0.25, -0.2) is 0 Å². The van der Waals surface area contributed by atoms with Crippen LogP contribution in [0.25, 0.3) is 0 Å². The summed E-state index contributed by atoms with van der Waals surface area (Å²) in [4.78, 5) is 4.36. The van der Waals surface area contributed by atoms with Gasteiger partial charge in [0.25, 0.3) is 0 Å². The zero-order valence-electron chi connectivity index (χ0n) is 15.0. The number of aliphatic hydroxyl groups excluding tert-OH is 1. The molecule has 0 amide bonds. The van der Waals surface area contributed by atoms with Crippen LogP contribution in [-0.4, -0.2) is 65.7 Å². The summed E-state index contributed by atoms with van der Waals surface area (Å²) in [6.45, 7) is 12.1. The van der Waals surface area contributed by atoms with E-state index < -0.39 is 6.41 Å². The number of hydrogen-bond acceptors (Lipinski definition) is 5. The van der Waals surface area contributed by atoms with Gasteiger partial charge in [-0.15, -0.1) is 0 Å². The van der Waals surface area contributed by atoms with Crippen molar-refractivity contribution in [1.29, 1.82) is 0 Å². The van der Waals surface area contributed by atoms with Gasteiger partial charge in [0, 0.05) is 36.7 Å². The molecule has 2 unspecified atom stereocenters. The normalized spacial score (nSPS) is 19.9. The minimum absolute atomic E-state index is 0.330. The van der Waals surface area contributed by atoms with Crippen molar-refractivity contribution in [3.63, 3.8) is 0 Å². The third-order valence-electron chi connectivity index (χ3n) is 4.05. The zero-order valence-corrected chi connectivity index (χ0v) is 16.6. The van der Waals surface area contributed by atoms with Crippen LogP contribution in [0, 0.1) is 0 Å². The Bertz CT molecular complexity index is 496. The van der Waals surface area contributed by atoms with E-state index in [4.69, 9.17) is 9.47 Å². The lowest BCUT2D eigenvalue weighted by atomic mass is 10.2. The third kappa shape index (κ3) is 6.33. The zero-order chi connectivity index (χ0) is 17.7. The number of benzene rings is 1. The average Bonchev–Trinajstić information content (AvgIpc) is 2.52. The molecule has 0 radical (unpaired) electrons. The summed E-state index contributed by atoms with van der Waals surface area (Å²) in [7, 11) is 0. The van der Waals surface area contributed by atoms with Crippen molar-refractivity contribution in [2.24, 2.45) is 0 Å². The van der Waals surface area contributed by atoms with Gasteiger partial charge in [0.1, 0.15) is 12.4 Å². The van der Waals surface area contributed by atoms with Crippen LogP contribution in [0.3, 0.4) is 0 Å². The van der Waals surface area contributed by atoms with Crippen molar-refractivity contribution >= 4 is 15.9 Å². The van der Waals surface area contributed by atoms with Gasteiger partial charge in [-0.3, -0.25) is 9.80 Å². The number of rotatable bonds is 6. The molecule has 2 rings (SSSR count). The van der Waals surface area contributed by atoms with Crippen LogP contribution in [0.4, 0.5) is 0 Å². The number of aliphatic hydroxyl groups is 1. The SMILES string of the molecule is CC(COc1ccc(Br)cc1)N1CCN(C(O)OC(C)(C)C)CC1. The fourth-order valence-corrected chi connectivity index (χ4v) is 2.91. The second-order valence-corrected chi connectivity index (χ2v) is 8.16. The van der Waals surface area contributed by atoms with Crippen molar-refractivity contribution in [3.8, 4) is 5.75 Å². The number of halogens is 1. The highest BCUT2D eigenvalue weighted by atomic mass is 79.9. The van der Waals surface area contributed by atoms with E-state index in [-0.39, 0.29) is 5.60 Å². The van der Waals surface area contributed by atoms with Gasteiger partial charge in [-0.2, -0.15) is 0 Å². The topological polar surface area (TPSA) is 45.2 Å². The summed E-state index contributed by atoms with van der Waals surface area (Å²) >= 11 is 3.42. The van der Waals surface area contributed by atoms with E-state index in [0.29, 0.717) is 12.6 Å². The minimum atomic E-state index is -0.832. The Morgan fingerprint density at radius 1 is 1.08 bits per heavy atom. The molecule has 1 aromatic rings. The Morgan fingerprint density at radius 3 is 2.17 bits per heavy atom. The first-order valence-corrected chi connectivity index (χ1v) is 9.26. The molecule has 1 aliphatic heterocycles. The molecule has 2 atom stereocenters. The molecule has 6 heteroatoms. The van der Waals surface area contributed by atoms with Gasteiger partial charge in [0.15, 0.2) is 0 Å². The Kier molecular flexibility index (Phi) is 7.07. The fraction of sp³-hybridized carbons (Fsp3) is 0.667. The molecule has 0 saturated carbocycles. The lowest BCUT2D eigenvalue weighted by molar-refractivity contribution is -0.244. The minimum Gasteiger partial charge on any atom is -0.492 e. The summed E-state index contributed by atoms with van der Waals surface area (Å²) in [6, 6.07) is 8.23. The van der Waals surface area contributed by atoms with Gasteiger partial charge in [-0.1, -0.05) is 15.9 Å². The first-order chi connectivity index (χ1) is 11.2. The highest BCUT2D eigenvalue weighted by Gasteiger charge is 2.28. The molecule has 1 aromatic carbocycles. The quantitative estimate of drug-likeness (QED) is 0.743. The average molecular weight is 401 g/mol. The van der Waals surface area contributed by atoms with Crippen LogP contribution in [0.2, 0.25) is 0 Å². The molecule has 5 nitrogen and oxygen atoms in total. The van der Waals surface area contributed by atoms with Crippen LogP contribution >= 0.6 is 15.9 Å². The molecular formula is C18H29BrN2O3. The highest BCUT2D eigenvalue weighted by molar-refractivity contribution is 9.10. The molecule has 136 valence electrons. The highest BCUT2D eigenvalue weighted by Crippen LogP contribution is 2.18. The number of hydrogen-bond donors (Lipinski definition) is 1. The summed E-state index contributed by atoms with van der Waals surface area (Å²) in [5.74, 6) is 0.887. The van der Waals surface area contributed by atoms with Crippen LogP contribution in [0.15, 0.2) is 28.7 Å². The maximum Gasteiger partial charge on any atom is 0.216 e. The molecule has 0 aliphatic carbocycles. The summed E-state index contributed by atoms with van der Waals surface area (Å²) in [5.41, 5.74) is -0.345. The number of ether oxygens (including phenoxy) is 2. The Labute approximate surface area is 153 Å². The van der Waals surface area contributed by atoms with Crippen LogP contribution in [0.1, 0.15) is 27.7 Å². The van der Waals surface area contributed by atoms with E-state index in [1.54, 1.807) is 0 Å². The second kappa shape index (κ2) is 8.63. The molecular weight excluding hydrogens is 372 g/mol. The standard InChI is InChI=1S/C18H29BrN2O3/c1-14(13-23-16-7-5-15(19)6-8-16)20-9-11-21(12-10-20)17(22)24-18(2,3)4/h5-8,14,17,22H,9-13H2,1-4H3. The molecule has 0 spiro atoms. The van der Waals surface area contributed by atoms with Crippen molar-refractivity contribution < 1.29 is 14.6 Å². The summed E-state index contributed by atoms with van der Waals surface area (Å²) < 4.78 is 12.5. The van der Waals surface area contributed by atoms with Gasteiger partial charge in [-0.05, 0) is 52.0 Å². The lowest BCUT2D eigenvalue weighted by Gasteiger charge is -2.40. The third-order valence-corrected chi connectivity index (χ3v) is 4.58. The van der Waals surface area contributed by atoms with Crippen LogP contribution < -0.4 is 4.74 Å². The largest absolute Gasteiger partial charge is 0.492 e. The molecule has 1 saturated heterocycles. The van der Waals surface area contributed by atoms with E-state index in [1.165, 1.54) is 0 Å². The smallest absolute Gasteiger partial charge is 0.216 e. The second-order valence-electron chi connectivity index (χ2n) is 7.24. The van der Waals surface area contributed by atoms with E-state index in [0.717, 1.165) is 36.4 Å². The van der Waals surface area contributed by atoms with E-state index >= 15 is 0 Å². The molecule has 1 fully saturated rings. The summed E-state index contributed by atoms with van der Waals surface area (Å²) in [5, 5.41) is 10.2. The summed E-state index contributed by atoms with van der Waals surface area (Å²) in [6.07, 6.45) is -0.832. The fourth-order valence-electron chi connectivity index (χ4n) is 2.64. The molecule has 24 heavy (non-hydrogen) atoms. The van der Waals surface area contributed by atoms with E-state index in [1.807, 2.05) is 49.9 Å². The first kappa shape index (κ1) is 19.7. The predicted octanol–water partition coefficient (Wildman–Crippen LogP) is 2.93. The van der Waals surface area contributed by atoms with Gasteiger partial charge >= 0.3 is 0 Å². The van der Waals surface area contributed by atoms with E-state index in [9.17, 15) is 5.11 Å². The van der Waals surface area contributed by atoms with Crippen LogP contribution in [0.5, 0.6) is 5.75 Å². The van der Waals surface area contributed by atoms with E-state index in [2.05, 4.69) is 27.8 Å². The molecule has 1 N–H and O–H groups in total. The van der Waals surface area contributed by atoms with Gasteiger partial charge in [0.05, 0.1) is 5.60 Å². The maximum absolute atomic E-state index is 10.2. The number of nitrogens with zero attached hydrogens (tertiary/aromatic N) is 2. The van der Waals surface area contributed by atoms with Crippen molar-refractivity contribution in [2.45, 2.75) is 45.8 Å². The predicted molar refractivity (Wildman–Crippen MR) is 99.1 cm³/mol. The Morgan fingerprint density at radius 2 is 1.62 bits per heavy atom. The Hall–Kier alpha value is -0.660. The molecule has 1 aliphatic rings. The first-order valence-electron chi connectivity index (χ1n) is 8.47. The van der Waals surface area contributed by atoms with Crippen molar-refractivity contribution in [1.82, 2.24) is 9.80 Å². The molecule has 0 bridgehead atoms. The number of piperazine rings is 1. The van der Waals surface area contributed by atoms with Gasteiger partial charge < -0.3 is 14.6 Å². The van der Waals surface area contributed by atoms with Crippen LogP contribution in [-0.2, 0) is 4.74 Å². The molecule has 1 heterocycles. The monoisotopic (exact) mass is 400 g/mol. The Balaban J connectivity index is 1.74. The van der Waals surface area contributed by atoms with Crippen molar-refractivity contribution in [3.05, 3.63) is 28.7 Å². The maximum atomic E-state index is 10.2. The lowest BCUT2D eigenvalue weighted by Crippen LogP contribution is -2.55.